The summed E-state index contributed by atoms with van der Waals surface area (Å²) in [6.07, 6.45) is 2.25. The van der Waals surface area contributed by atoms with Crippen LogP contribution in [0.2, 0.25) is 10.0 Å². The van der Waals surface area contributed by atoms with Gasteiger partial charge in [-0.3, -0.25) is 0 Å². The first kappa shape index (κ1) is 16.5. The molecular formula is C20H17Cl2NO2. The number of aromatic nitrogens is 1. The predicted octanol–water partition coefficient (Wildman–Crippen LogP) is 6.41. The van der Waals surface area contributed by atoms with Crippen molar-refractivity contribution in [3.63, 3.8) is 0 Å². The van der Waals surface area contributed by atoms with Gasteiger partial charge in [0.2, 0.25) is 0 Å². The standard InChI is InChI=1S/C20H17Cl2NO2/c1-12-4-2-7-17(22)18(12)19-16(20(25-23-19)13-8-9-13)11-24-15-6-3-5-14(21)10-15/h2-7,10,13H,8-9,11H2,1H3. The zero-order valence-electron chi connectivity index (χ0n) is 13.8. The van der Waals surface area contributed by atoms with Gasteiger partial charge in [-0.1, -0.05) is 46.6 Å². The highest BCUT2D eigenvalue weighted by Crippen LogP contribution is 2.45. The van der Waals surface area contributed by atoms with Crippen LogP contribution in [-0.4, -0.2) is 5.16 Å². The molecule has 1 aliphatic carbocycles. The number of aryl methyl sites for hydroxylation is 1. The monoisotopic (exact) mass is 373 g/mol. The second-order valence-electron chi connectivity index (χ2n) is 6.33. The molecule has 0 spiro atoms. The van der Waals surface area contributed by atoms with Crippen molar-refractivity contribution in [3.8, 4) is 17.0 Å². The van der Waals surface area contributed by atoms with Crippen molar-refractivity contribution in [1.29, 1.82) is 0 Å². The van der Waals surface area contributed by atoms with Gasteiger partial charge in [0, 0.05) is 16.5 Å². The summed E-state index contributed by atoms with van der Waals surface area (Å²) >= 11 is 12.5. The summed E-state index contributed by atoms with van der Waals surface area (Å²) in [5, 5.41) is 5.65. The Kier molecular flexibility index (Phi) is 4.45. The molecule has 0 amide bonds. The van der Waals surface area contributed by atoms with Crippen molar-refractivity contribution in [2.75, 3.05) is 0 Å². The van der Waals surface area contributed by atoms with Crippen molar-refractivity contribution in [2.24, 2.45) is 0 Å². The Morgan fingerprint density at radius 3 is 2.68 bits per heavy atom. The molecule has 1 heterocycles. The molecule has 4 rings (SSSR count). The summed E-state index contributed by atoms with van der Waals surface area (Å²) < 4.78 is 11.6. The van der Waals surface area contributed by atoms with Crippen molar-refractivity contribution < 1.29 is 9.26 Å². The van der Waals surface area contributed by atoms with Crippen LogP contribution in [0.1, 0.15) is 35.6 Å². The van der Waals surface area contributed by atoms with Crippen molar-refractivity contribution in [1.82, 2.24) is 5.16 Å². The minimum Gasteiger partial charge on any atom is -0.489 e. The zero-order chi connectivity index (χ0) is 17.4. The average Bonchev–Trinajstić information content (AvgIpc) is 3.34. The van der Waals surface area contributed by atoms with E-state index in [0.717, 1.165) is 46.7 Å². The first-order valence-electron chi connectivity index (χ1n) is 8.26. The van der Waals surface area contributed by atoms with Gasteiger partial charge in [-0.15, -0.1) is 0 Å². The second kappa shape index (κ2) is 6.74. The highest BCUT2D eigenvalue weighted by molar-refractivity contribution is 6.33. The minimum absolute atomic E-state index is 0.371. The van der Waals surface area contributed by atoms with Gasteiger partial charge >= 0.3 is 0 Å². The van der Waals surface area contributed by atoms with Gasteiger partial charge in [-0.25, -0.2) is 0 Å². The number of hydrogen-bond donors (Lipinski definition) is 0. The summed E-state index contributed by atoms with van der Waals surface area (Å²) in [6.45, 7) is 2.39. The van der Waals surface area contributed by atoms with Crippen molar-refractivity contribution >= 4 is 23.2 Å². The summed E-state index contributed by atoms with van der Waals surface area (Å²) in [5.41, 5.74) is 3.71. The molecule has 128 valence electrons. The fourth-order valence-corrected chi connectivity index (χ4v) is 3.46. The Labute approximate surface area is 156 Å². The first-order valence-corrected chi connectivity index (χ1v) is 9.01. The van der Waals surface area contributed by atoms with E-state index in [0.29, 0.717) is 22.6 Å². The lowest BCUT2D eigenvalue weighted by Crippen LogP contribution is -2.00. The predicted molar refractivity (Wildman–Crippen MR) is 99.4 cm³/mol. The fraction of sp³-hybridized carbons (Fsp3) is 0.250. The number of benzene rings is 2. The zero-order valence-corrected chi connectivity index (χ0v) is 15.3. The van der Waals surface area contributed by atoms with E-state index in [4.69, 9.17) is 32.5 Å². The molecule has 5 heteroatoms. The Morgan fingerprint density at radius 1 is 1.16 bits per heavy atom. The molecule has 0 atom stereocenters. The first-order chi connectivity index (χ1) is 12.1. The molecule has 0 saturated heterocycles. The van der Waals surface area contributed by atoms with Crippen LogP contribution in [-0.2, 0) is 6.61 Å². The second-order valence-corrected chi connectivity index (χ2v) is 7.17. The third kappa shape index (κ3) is 3.39. The van der Waals surface area contributed by atoms with Crippen LogP contribution in [0.15, 0.2) is 47.0 Å². The van der Waals surface area contributed by atoms with E-state index in [1.165, 1.54) is 0 Å². The number of rotatable bonds is 5. The molecule has 0 unspecified atom stereocenters. The molecule has 0 bridgehead atoms. The molecule has 1 aromatic heterocycles. The van der Waals surface area contributed by atoms with E-state index >= 15 is 0 Å². The molecular weight excluding hydrogens is 357 g/mol. The summed E-state index contributed by atoms with van der Waals surface area (Å²) in [6, 6.07) is 13.2. The van der Waals surface area contributed by atoms with Crippen LogP contribution in [0, 0.1) is 6.92 Å². The summed E-state index contributed by atoms with van der Waals surface area (Å²) in [7, 11) is 0. The van der Waals surface area contributed by atoms with E-state index in [2.05, 4.69) is 5.16 Å². The lowest BCUT2D eigenvalue weighted by Gasteiger charge is -2.10. The molecule has 0 radical (unpaired) electrons. The summed E-state index contributed by atoms with van der Waals surface area (Å²) in [5.74, 6) is 2.07. The Hall–Kier alpha value is -1.97. The van der Waals surface area contributed by atoms with Gasteiger partial charge < -0.3 is 9.26 Å². The lowest BCUT2D eigenvalue weighted by molar-refractivity contribution is 0.300. The Balaban J connectivity index is 1.71. The highest BCUT2D eigenvalue weighted by atomic mass is 35.5. The van der Waals surface area contributed by atoms with Crippen molar-refractivity contribution in [3.05, 3.63) is 69.4 Å². The van der Waals surface area contributed by atoms with Crippen LogP contribution in [0.5, 0.6) is 5.75 Å². The lowest BCUT2D eigenvalue weighted by atomic mass is 10.0. The molecule has 1 fully saturated rings. The largest absolute Gasteiger partial charge is 0.489 e. The van der Waals surface area contributed by atoms with Gasteiger partial charge in [0.25, 0.3) is 0 Å². The van der Waals surface area contributed by atoms with Crippen LogP contribution in [0.4, 0.5) is 0 Å². The van der Waals surface area contributed by atoms with Crippen LogP contribution < -0.4 is 4.74 Å². The third-order valence-electron chi connectivity index (χ3n) is 4.40. The van der Waals surface area contributed by atoms with Gasteiger partial charge in [0.1, 0.15) is 23.8 Å². The molecule has 3 aromatic rings. The van der Waals surface area contributed by atoms with Crippen molar-refractivity contribution in [2.45, 2.75) is 32.3 Å². The molecule has 1 saturated carbocycles. The van der Waals surface area contributed by atoms with Crippen LogP contribution in [0.3, 0.4) is 0 Å². The number of nitrogens with zero attached hydrogens (tertiary/aromatic N) is 1. The van der Waals surface area contributed by atoms with E-state index in [1.807, 2.05) is 43.3 Å². The van der Waals surface area contributed by atoms with E-state index in [-0.39, 0.29) is 0 Å². The van der Waals surface area contributed by atoms with Crippen LogP contribution >= 0.6 is 23.2 Å². The van der Waals surface area contributed by atoms with Gasteiger partial charge in [0.05, 0.1) is 10.6 Å². The summed E-state index contributed by atoms with van der Waals surface area (Å²) in [4.78, 5) is 0. The van der Waals surface area contributed by atoms with E-state index in [1.54, 1.807) is 6.07 Å². The molecule has 3 nitrogen and oxygen atoms in total. The number of ether oxygens (including phenoxy) is 1. The van der Waals surface area contributed by atoms with Gasteiger partial charge in [-0.2, -0.15) is 0 Å². The quantitative estimate of drug-likeness (QED) is 0.517. The SMILES string of the molecule is Cc1cccc(Cl)c1-c1noc(C2CC2)c1COc1cccc(Cl)c1. The Bertz CT molecular complexity index is 896. The maximum atomic E-state index is 6.44. The highest BCUT2D eigenvalue weighted by Gasteiger charge is 2.33. The molecule has 25 heavy (non-hydrogen) atoms. The van der Waals surface area contributed by atoms with E-state index < -0.39 is 0 Å². The normalized spacial score (nSPS) is 13.9. The number of hydrogen-bond acceptors (Lipinski definition) is 3. The average molecular weight is 374 g/mol. The molecule has 0 aliphatic heterocycles. The smallest absolute Gasteiger partial charge is 0.147 e. The topological polar surface area (TPSA) is 35.3 Å². The molecule has 0 N–H and O–H groups in total. The maximum Gasteiger partial charge on any atom is 0.147 e. The molecule has 2 aromatic carbocycles. The van der Waals surface area contributed by atoms with Crippen LogP contribution in [0.25, 0.3) is 11.3 Å². The van der Waals surface area contributed by atoms with E-state index in [9.17, 15) is 0 Å². The Morgan fingerprint density at radius 2 is 1.96 bits per heavy atom. The van der Waals surface area contributed by atoms with Gasteiger partial charge in [-0.05, 0) is 49.6 Å². The fourth-order valence-electron chi connectivity index (χ4n) is 2.97. The maximum absolute atomic E-state index is 6.44. The van der Waals surface area contributed by atoms with Gasteiger partial charge in [0.15, 0.2) is 0 Å². The third-order valence-corrected chi connectivity index (χ3v) is 4.95. The minimum atomic E-state index is 0.371. The number of halogens is 2. The molecule has 1 aliphatic rings.